The molecule has 1 aromatic rings. The number of methoxy groups -OCH3 is 1. The molecule has 0 spiro atoms. The van der Waals surface area contributed by atoms with E-state index in [0.29, 0.717) is 5.56 Å². The molecule has 0 fully saturated rings. The van der Waals surface area contributed by atoms with Crippen molar-refractivity contribution in [2.24, 2.45) is 0 Å². The first-order valence-electron chi connectivity index (χ1n) is 5.27. The summed E-state index contributed by atoms with van der Waals surface area (Å²) in [6.45, 7) is 3.22. The summed E-state index contributed by atoms with van der Waals surface area (Å²) in [4.78, 5) is 22.8. The van der Waals surface area contributed by atoms with Gasteiger partial charge in [-0.05, 0) is 19.4 Å². The van der Waals surface area contributed by atoms with Gasteiger partial charge in [-0.15, -0.1) is 0 Å². The van der Waals surface area contributed by atoms with Crippen LogP contribution in [0.1, 0.15) is 24.5 Å². The maximum Gasteiger partial charge on any atom is 0.343 e. The SMILES string of the molecule is COC(=O)[C@@](O)(CC(C)=O)c1ccc(C)cc1. The highest BCUT2D eigenvalue weighted by Gasteiger charge is 2.40. The second-order valence-electron chi connectivity index (χ2n) is 4.10. The predicted octanol–water partition coefficient (Wildman–Crippen LogP) is 1.33. The molecule has 0 bridgehead atoms. The summed E-state index contributed by atoms with van der Waals surface area (Å²) in [5.41, 5.74) is -0.525. The zero-order valence-electron chi connectivity index (χ0n) is 10.2. The summed E-state index contributed by atoms with van der Waals surface area (Å²) in [5.74, 6) is -1.10. The zero-order chi connectivity index (χ0) is 13.1. The van der Waals surface area contributed by atoms with E-state index in [-0.39, 0.29) is 12.2 Å². The van der Waals surface area contributed by atoms with Gasteiger partial charge >= 0.3 is 5.97 Å². The van der Waals surface area contributed by atoms with Crippen LogP contribution >= 0.6 is 0 Å². The van der Waals surface area contributed by atoms with Crippen LogP contribution < -0.4 is 0 Å². The van der Waals surface area contributed by atoms with Crippen molar-refractivity contribution in [3.8, 4) is 0 Å². The Balaban J connectivity index is 3.18. The van der Waals surface area contributed by atoms with Gasteiger partial charge in [0.1, 0.15) is 5.78 Å². The van der Waals surface area contributed by atoms with Crippen molar-refractivity contribution < 1.29 is 19.4 Å². The number of esters is 1. The fraction of sp³-hybridized carbons (Fsp3) is 0.385. The van der Waals surface area contributed by atoms with Crippen LogP contribution in [0.25, 0.3) is 0 Å². The Morgan fingerprint density at radius 2 is 1.82 bits per heavy atom. The number of aliphatic hydroxyl groups is 1. The van der Waals surface area contributed by atoms with E-state index in [1.165, 1.54) is 14.0 Å². The first-order chi connectivity index (χ1) is 7.90. The van der Waals surface area contributed by atoms with E-state index in [1.54, 1.807) is 24.3 Å². The number of rotatable bonds is 4. The van der Waals surface area contributed by atoms with Crippen LogP contribution in [0.3, 0.4) is 0 Å². The highest BCUT2D eigenvalue weighted by atomic mass is 16.5. The average molecular weight is 236 g/mol. The van der Waals surface area contributed by atoms with E-state index in [0.717, 1.165) is 5.56 Å². The Labute approximate surface area is 100 Å². The van der Waals surface area contributed by atoms with Crippen molar-refractivity contribution in [2.75, 3.05) is 7.11 Å². The van der Waals surface area contributed by atoms with Crippen molar-refractivity contribution in [3.63, 3.8) is 0 Å². The molecule has 0 heterocycles. The third-order valence-electron chi connectivity index (χ3n) is 2.56. The number of hydrogen-bond acceptors (Lipinski definition) is 4. The number of benzene rings is 1. The molecule has 0 unspecified atom stereocenters. The van der Waals surface area contributed by atoms with Gasteiger partial charge in [-0.2, -0.15) is 0 Å². The Morgan fingerprint density at radius 1 is 1.29 bits per heavy atom. The highest BCUT2D eigenvalue weighted by Crippen LogP contribution is 2.27. The third-order valence-corrected chi connectivity index (χ3v) is 2.56. The molecule has 0 aliphatic rings. The largest absolute Gasteiger partial charge is 0.467 e. The third kappa shape index (κ3) is 2.91. The van der Waals surface area contributed by atoms with Gasteiger partial charge < -0.3 is 9.84 Å². The number of carbonyl (C=O) groups excluding carboxylic acids is 2. The lowest BCUT2D eigenvalue weighted by Gasteiger charge is -2.24. The Hall–Kier alpha value is -1.68. The fourth-order valence-electron chi connectivity index (χ4n) is 1.65. The molecule has 0 aliphatic carbocycles. The maximum atomic E-state index is 11.6. The number of aryl methyl sites for hydroxylation is 1. The van der Waals surface area contributed by atoms with E-state index < -0.39 is 11.6 Å². The summed E-state index contributed by atoms with van der Waals surface area (Å²) in [6, 6.07) is 6.77. The van der Waals surface area contributed by atoms with Gasteiger partial charge in [0.2, 0.25) is 0 Å². The summed E-state index contributed by atoms with van der Waals surface area (Å²) < 4.78 is 4.56. The normalized spacial score (nSPS) is 13.9. The van der Waals surface area contributed by atoms with E-state index in [4.69, 9.17) is 0 Å². The van der Waals surface area contributed by atoms with Crippen molar-refractivity contribution in [2.45, 2.75) is 25.9 Å². The minimum atomic E-state index is -1.89. The monoisotopic (exact) mass is 236 g/mol. The van der Waals surface area contributed by atoms with Gasteiger partial charge in [-0.1, -0.05) is 29.8 Å². The van der Waals surface area contributed by atoms with Gasteiger partial charge in [-0.25, -0.2) is 4.79 Å². The van der Waals surface area contributed by atoms with Crippen molar-refractivity contribution in [3.05, 3.63) is 35.4 Å². The summed E-state index contributed by atoms with van der Waals surface area (Å²) >= 11 is 0. The first kappa shape index (κ1) is 13.4. The van der Waals surface area contributed by atoms with Crippen LogP contribution in [-0.4, -0.2) is 24.0 Å². The number of ether oxygens (including phenoxy) is 1. The molecule has 4 heteroatoms. The molecule has 0 saturated heterocycles. The molecule has 0 aromatic heterocycles. The Kier molecular flexibility index (Phi) is 4.02. The lowest BCUT2D eigenvalue weighted by atomic mass is 9.88. The molecule has 4 nitrogen and oxygen atoms in total. The second-order valence-corrected chi connectivity index (χ2v) is 4.10. The maximum absolute atomic E-state index is 11.6. The van der Waals surface area contributed by atoms with Crippen LogP contribution in [-0.2, 0) is 19.9 Å². The van der Waals surface area contributed by atoms with Crippen LogP contribution in [0.4, 0.5) is 0 Å². The van der Waals surface area contributed by atoms with E-state index in [1.807, 2.05) is 6.92 Å². The Morgan fingerprint density at radius 3 is 2.24 bits per heavy atom. The zero-order valence-corrected chi connectivity index (χ0v) is 10.2. The molecule has 1 aromatic carbocycles. The summed E-state index contributed by atoms with van der Waals surface area (Å²) in [6.07, 6.45) is -0.289. The molecule has 92 valence electrons. The first-order valence-corrected chi connectivity index (χ1v) is 5.27. The molecule has 0 aliphatic heterocycles. The smallest absolute Gasteiger partial charge is 0.343 e. The molecule has 17 heavy (non-hydrogen) atoms. The lowest BCUT2D eigenvalue weighted by molar-refractivity contribution is -0.166. The number of hydrogen-bond donors (Lipinski definition) is 1. The number of ketones is 1. The second kappa shape index (κ2) is 5.10. The van der Waals surface area contributed by atoms with Gasteiger partial charge in [0, 0.05) is 6.42 Å². The van der Waals surface area contributed by atoms with Gasteiger partial charge in [0.15, 0.2) is 5.60 Å². The van der Waals surface area contributed by atoms with Gasteiger partial charge in [-0.3, -0.25) is 4.79 Å². The Bertz CT molecular complexity index is 422. The summed E-state index contributed by atoms with van der Waals surface area (Å²) in [7, 11) is 1.18. The van der Waals surface area contributed by atoms with Gasteiger partial charge in [0.25, 0.3) is 0 Å². The number of Topliss-reactive ketones (excluding diaryl/α,β-unsaturated/α-hetero) is 1. The van der Waals surface area contributed by atoms with Crippen molar-refractivity contribution in [1.29, 1.82) is 0 Å². The molecule has 1 rings (SSSR count). The predicted molar refractivity (Wildman–Crippen MR) is 62.4 cm³/mol. The highest BCUT2D eigenvalue weighted by molar-refractivity contribution is 5.88. The van der Waals surface area contributed by atoms with Crippen molar-refractivity contribution >= 4 is 11.8 Å². The van der Waals surface area contributed by atoms with Crippen LogP contribution in [0.5, 0.6) is 0 Å². The molecule has 0 radical (unpaired) electrons. The minimum absolute atomic E-state index is 0.279. The minimum Gasteiger partial charge on any atom is -0.467 e. The fourth-order valence-corrected chi connectivity index (χ4v) is 1.65. The molecule has 1 atom stereocenters. The standard InChI is InChI=1S/C13H16O4/c1-9-4-6-11(7-5-9)13(16,8-10(2)14)12(15)17-3/h4-7,16H,8H2,1-3H3/t13-/m1/s1. The number of carbonyl (C=O) groups is 2. The van der Waals surface area contributed by atoms with Crippen LogP contribution in [0.15, 0.2) is 24.3 Å². The quantitative estimate of drug-likeness (QED) is 0.801. The topological polar surface area (TPSA) is 63.6 Å². The lowest BCUT2D eigenvalue weighted by Crippen LogP contribution is -2.38. The average Bonchev–Trinajstić information content (AvgIpc) is 2.27. The van der Waals surface area contributed by atoms with Gasteiger partial charge in [0.05, 0.1) is 7.11 Å². The van der Waals surface area contributed by atoms with E-state index in [9.17, 15) is 14.7 Å². The molecular weight excluding hydrogens is 220 g/mol. The van der Waals surface area contributed by atoms with E-state index in [2.05, 4.69) is 4.74 Å². The summed E-state index contributed by atoms with van der Waals surface area (Å²) in [5, 5.41) is 10.3. The van der Waals surface area contributed by atoms with Crippen LogP contribution in [0.2, 0.25) is 0 Å². The molecule has 0 amide bonds. The van der Waals surface area contributed by atoms with Crippen LogP contribution in [0, 0.1) is 6.92 Å². The molecular formula is C13H16O4. The molecule has 1 N–H and O–H groups in total. The van der Waals surface area contributed by atoms with Crippen molar-refractivity contribution in [1.82, 2.24) is 0 Å². The molecule has 0 saturated carbocycles. The van der Waals surface area contributed by atoms with E-state index >= 15 is 0 Å².